The van der Waals surface area contributed by atoms with Crippen molar-refractivity contribution >= 4 is 29.2 Å². The number of nitrogen functional groups attached to an aromatic ring is 1. The molecule has 0 saturated carbocycles. The maximum absolute atomic E-state index is 13.1. The number of phenols is 1. The van der Waals surface area contributed by atoms with Gasteiger partial charge in [-0.1, -0.05) is 42.3 Å². The molecule has 0 spiro atoms. The zero-order chi connectivity index (χ0) is 25.3. The number of anilines is 1. The molecule has 0 radical (unpaired) electrons. The summed E-state index contributed by atoms with van der Waals surface area (Å²) in [5, 5.41) is 30.2. The summed E-state index contributed by atoms with van der Waals surface area (Å²) < 4.78 is 8.01. The van der Waals surface area contributed by atoms with Crippen molar-refractivity contribution in [3.63, 3.8) is 0 Å². The van der Waals surface area contributed by atoms with E-state index in [0.717, 1.165) is 6.42 Å². The van der Waals surface area contributed by atoms with Crippen LogP contribution in [0, 0.1) is 0 Å². The lowest BCUT2D eigenvalue weighted by Gasteiger charge is -2.30. The first-order valence-electron chi connectivity index (χ1n) is 11.6. The van der Waals surface area contributed by atoms with E-state index in [9.17, 15) is 24.9 Å². The average molecular weight is 499 g/mol. The van der Waals surface area contributed by atoms with Gasteiger partial charge >= 0.3 is 0 Å². The SMILES string of the molecule is CC(O)CN(CC(C)O)SC1C=CC(Oc2cc(O)c3c(c2N)C(=O)c2ccccc2C3=O)CC1. The van der Waals surface area contributed by atoms with E-state index >= 15 is 0 Å². The number of aromatic hydroxyl groups is 1. The minimum absolute atomic E-state index is 0.0243. The lowest BCUT2D eigenvalue weighted by Crippen LogP contribution is -2.33. The first-order valence-corrected chi connectivity index (χ1v) is 12.5. The van der Waals surface area contributed by atoms with E-state index in [1.807, 2.05) is 16.5 Å². The van der Waals surface area contributed by atoms with Crippen molar-refractivity contribution < 1.29 is 29.6 Å². The third-order valence-corrected chi connectivity index (χ3v) is 7.21. The highest BCUT2D eigenvalue weighted by atomic mass is 32.2. The van der Waals surface area contributed by atoms with Crippen LogP contribution in [0.25, 0.3) is 0 Å². The number of aliphatic hydroxyl groups is 2. The molecule has 4 rings (SSSR count). The van der Waals surface area contributed by atoms with Gasteiger partial charge in [0.1, 0.15) is 17.6 Å². The number of hydrogen-bond donors (Lipinski definition) is 4. The Morgan fingerprint density at radius 3 is 2.17 bits per heavy atom. The van der Waals surface area contributed by atoms with Crippen molar-refractivity contribution in [2.75, 3.05) is 18.8 Å². The minimum atomic E-state index is -0.508. The summed E-state index contributed by atoms with van der Waals surface area (Å²) in [5.41, 5.74) is 6.71. The molecule has 2 aromatic carbocycles. The summed E-state index contributed by atoms with van der Waals surface area (Å²) in [7, 11) is 0. The van der Waals surface area contributed by atoms with E-state index in [1.165, 1.54) is 6.07 Å². The second kappa shape index (κ2) is 10.4. The van der Waals surface area contributed by atoms with Gasteiger partial charge in [-0.25, -0.2) is 4.31 Å². The molecule has 0 amide bonds. The number of nitrogens with two attached hydrogens (primary N) is 1. The lowest BCUT2D eigenvalue weighted by atomic mass is 9.82. The van der Waals surface area contributed by atoms with Gasteiger partial charge < -0.3 is 25.8 Å². The molecule has 0 fully saturated rings. The molecule has 2 aliphatic rings. The molecule has 2 aliphatic carbocycles. The molecule has 2 aromatic rings. The van der Waals surface area contributed by atoms with Gasteiger partial charge in [-0.15, -0.1) is 0 Å². The molecule has 0 aromatic heterocycles. The van der Waals surface area contributed by atoms with Crippen molar-refractivity contribution in [1.29, 1.82) is 0 Å². The van der Waals surface area contributed by atoms with Crippen molar-refractivity contribution in [3.05, 3.63) is 64.7 Å². The van der Waals surface area contributed by atoms with Gasteiger partial charge in [0.2, 0.25) is 0 Å². The Morgan fingerprint density at radius 2 is 1.63 bits per heavy atom. The maximum atomic E-state index is 13.1. The van der Waals surface area contributed by atoms with Crippen molar-refractivity contribution in [1.82, 2.24) is 4.31 Å². The molecule has 0 bridgehead atoms. The molecule has 8 nitrogen and oxygen atoms in total. The van der Waals surface area contributed by atoms with E-state index in [-0.39, 0.29) is 50.8 Å². The number of rotatable bonds is 8. The molecule has 5 N–H and O–H groups in total. The monoisotopic (exact) mass is 498 g/mol. The van der Waals surface area contributed by atoms with Crippen LogP contribution < -0.4 is 10.5 Å². The molecular formula is C26H30N2O6S. The zero-order valence-corrected chi connectivity index (χ0v) is 20.5. The summed E-state index contributed by atoms with van der Waals surface area (Å²) in [6.45, 7) is 4.32. The molecule has 0 aliphatic heterocycles. The standard InChI is InChI=1S/C26H30N2O6S/c1-14(29)12-28(13-15(2)30)35-17-9-7-16(8-10-17)34-21-11-20(31)22-23(24(21)27)26(33)19-6-4-3-5-18(19)25(22)32/h3-7,9,11,14-17,29-31H,8,10,12-13,27H2,1-2H3. The van der Waals surface area contributed by atoms with Gasteiger partial charge in [0.15, 0.2) is 11.6 Å². The number of aliphatic hydroxyl groups excluding tert-OH is 2. The number of ether oxygens (including phenoxy) is 1. The molecule has 35 heavy (non-hydrogen) atoms. The fraction of sp³-hybridized carbons (Fsp3) is 0.385. The quantitative estimate of drug-likeness (QED) is 0.160. The second-order valence-electron chi connectivity index (χ2n) is 9.07. The van der Waals surface area contributed by atoms with E-state index < -0.39 is 23.8 Å². The number of carbonyl (C=O) groups is 2. The molecular weight excluding hydrogens is 468 g/mol. The van der Waals surface area contributed by atoms with Crippen LogP contribution in [0.1, 0.15) is 58.5 Å². The molecule has 0 heterocycles. The normalized spacial score (nSPS) is 20.9. The maximum Gasteiger partial charge on any atom is 0.198 e. The zero-order valence-electron chi connectivity index (χ0n) is 19.7. The van der Waals surface area contributed by atoms with Crippen LogP contribution in [-0.4, -0.2) is 67.8 Å². The largest absolute Gasteiger partial charge is 0.507 e. The van der Waals surface area contributed by atoms with Crippen LogP contribution in [0.3, 0.4) is 0 Å². The van der Waals surface area contributed by atoms with Crippen LogP contribution in [0.15, 0.2) is 42.5 Å². The van der Waals surface area contributed by atoms with Gasteiger partial charge in [-0.3, -0.25) is 9.59 Å². The fourth-order valence-corrected chi connectivity index (χ4v) is 5.82. The Labute approximate surface area is 208 Å². The highest BCUT2D eigenvalue weighted by Crippen LogP contribution is 2.42. The Bertz CT molecular complexity index is 1150. The van der Waals surface area contributed by atoms with Crippen LogP contribution in [0.5, 0.6) is 11.5 Å². The highest BCUT2D eigenvalue weighted by Gasteiger charge is 2.35. The van der Waals surface area contributed by atoms with Gasteiger partial charge in [-0.05, 0) is 32.8 Å². The first-order chi connectivity index (χ1) is 16.7. The van der Waals surface area contributed by atoms with Crippen molar-refractivity contribution in [3.8, 4) is 11.5 Å². The summed E-state index contributed by atoms with van der Waals surface area (Å²) in [5.74, 6) is -1.03. The van der Waals surface area contributed by atoms with Crippen molar-refractivity contribution in [2.24, 2.45) is 0 Å². The Balaban J connectivity index is 1.51. The van der Waals surface area contributed by atoms with E-state index in [2.05, 4.69) is 0 Å². The van der Waals surface area contributed by atoms with E-state index in [1.54, 1.807) is 50.1 Å². The minimum Gasteiger partial charge on any atom is -0.507 e. The highest BCUT2D eigenvalue weighted by molar-refractivity contribution is 7.97. The topological polar surface area (TPSA) is 133 Å². The smallest absolute Gasteiger partial charge is 0.198 e. The summed E-state index contributed by atoms with van der Waals surface area (Å²) in [6.07, 6.45) is 4.02. The lowest BCUT2D eigenvalue weighted by molar-refractivity contribution is 0.0976. The fourth-order valence-electron chi connectivity index (χ4n) is 4.43. The van der Waals surface area contributed by atoms with Gasteiger partial charge in [0.05, 0.1) is 29.0 Å². The average Bonchev–Trinajstić information content (AvgIpc) is 2.80. The Hall–Kier alpha value is -2.85. The first kappa shape index (κ1) is 25.2. The van der Waals surface area contributed by atoms with Crippen molar-refractivity contribution in [2.45, 2.75) is 50.3 Å². The van der Waals surface area contributed by atoms with Gasteiger partial charge in [-0.2, -0.15) is 0 Å². The molecule has 4 atom stereocenters. The Morgan fingerprint density at radius 1 is 1.03 bits per heavy atom. The molecule has 9 heteroatoms. The number of phenolic OH excluding ortho intramolecular Hbond substituents is 1. The van der Waals surface area contributed by atoms with Crippen LogP contribution in [0.2, 0.25) is 0 Å². The third-order valence-electron chi connectivity index (χ3n) is 5.95. The van der Waals surface area contributed by atoms with E-state index in [4.69, 9.17) is 10.5 Å². The van der Waals surface area contributed by atoms with Gasteiger partial charge in [0, 0.05) is 35.5 Å². The van der Waals surface area contributed by atoms with Gasteiger partial charge in [0.25, 0.3) is 0 Å². The summed E-state index contributed by atoms with van der Waals surface area (Å²) in [4.78, 5) is 26.0. The Kier molecular flexibility index (Phi) is 7.51. The van der Waals surface area contributed by atoms with Crippen LogP contribution >= 0.6 is 11.9 Å². The summed E-state index contributed by atoms with van der Waals surface area (Å²) in [6, 6.07) is 7.78. The number of ketones is 2. The predicted molar refractivity (Wildman–Crippen MR) is 135 cm³/mol. The second-order valence-corrected chi connectivity index (χ2v) is 10.4. The van der Waals surface area contributed by atoms with Crippen LogP contribution in [-0.2, 0) is 0 Å². The van der Waals surface area contributed by atoms with E-state index in [0.29, 0.717) is 19.5 Å². The third kappa shape index (κ3) is 5.38. The van der Waals surface area contributed by atoms with Crippen LogP contribution in [0.4, 0.5) is 5.69 Å². The number of hydrogen-bond acceptors (Lipinski definition) is 9. The number of carbonyl (C=O) groups excluding carboxylic acids is 2. The number of nitrogens with zero attached hydrogens (tertiary/aromatic N) is 1. The number of benzene rings is 2. The predicted octanol–water partition coefficient (Wildman–Crippen LogP) is 2.93. The number of fused-ring (bicyclic) bond motifs is 2. The molecule has 0 saturated heterocycles. The molecule has 186 valence electrons. The summed E-state index contributed by atoms with van der Waals surface area (Å²) >= 11 is 1.57. The molecule has 4 unspecified atom stereocenters.